The number of thioether (sulfide) groups is 1. The largest absolute Gasteiger partial charge is 0.324 e. The fraction of sp³-hybridized carbons (Fsp3) is 0.333. The van der Waals surface area contributed by atoms with Gasteiger partial charge in [-0.1, -0.05) is 6.07 Å². The molecule has 4 heteroatoms. The van der Waals surface area contributed by atoms with Crippen molar-refractivity contribution in [3.8, 4) is 0 Å². The van der Waals surface area contributed by atoms with Gasteiger partial charge in [-0.25, -0.2) is 0 Å². The molecule has 0 fully saturated rings. The third kappa shape index (κ3) is 2.64. The number of aldehydes is 1. The molecule has 1 N–H and O–H groups in total. The Morgan fingerprint density at radius 2 is 2.31 bits per heavy atom. The van der Waals surface area contributed by atoms with Crippen molar-refractivity contribution in [3.63, 3.8) is 0 Å². The third-order valence-electron chi connectivity index (χ3n) is 2.46. The Bertz CT molecular complexity index is 417. The summed E-state index contributed by atoms with van der Waals surface area (Å²) in [5.74, 6) is 0.555. The second kappa shape index (κ2) is 5.16. The van der Waals surface area contributed by atoms with Crippen molar-refractivity contribution in [2.24, 2.45) is 0 Å². The normalized spacial score (nSPS) is 14.1. The lowest BCUT2D eigenvalue weighted by Gasteiger charge is -2.16. The summed E-state index contributed by atoms with van der Waals surface area (Å²) in [4.78, 5) is 22.6. The van der Waals surface area contributed by atoms with E-state index in [4.69, 9.17) is 0 Å². The molecular weight excluding hydrogens is 222 g/mol. The second-order valence-corrected chi connectivity index (χ2v) is 4.74. The van der Waals surface area contributed by atoms with E-state index in [0.29, 0.717) is 12.2 Å². The summed E-state index contributed by atoms with van der Waals surface area (Å²) in [5, 5.41) is 2.86. The smallest absolute Gasteiger partial charge is 0.234 e. The van der Waals surface area contributed by atoms with Gasteiger partial charge in [-0.15, -0.1) is 11.8 Å². The molecule has 84 valence electrons. The number of carbonyl (C=O) groups is 2. The Kier molecular flexibility index (Phi) is 3.62. The van der Waals surface area contributed by atoms with Gasteiger partial charge >= 0.3 is 0 Å². The maximum Gasteiger partial charge on any atom is 0.234 e. The van der Waals surface area contributed by atoms with E-state index in [2.05, 4.69) is 11.4 Å². The van der Waals surface area contributed by atoms with Gasteiger partial charge < -0.3 is 10.1 Å². The molecule has 1 aromatic rings. The van der Waals surface area contributed by atoms with Crippen molar-refractivity contribution in [3.05, 3.63) is 23.8 Å². The summed E-state index contributed by atoms with van der Waals surface area (Å²) in [6.07, 6.45) is 3.28. The van der Waals surface area contributed by atoms with Crippen LogP contribution >= 0.6 is 11.8 Å². The molecule has 1 aliphatic heterocycles. The van der Waals surface area contributed by atoms with Crippen LogP contribution in [0.3, 0.4) is 0 Å². The van der Waals surface area contributed by atoms with Gasteiger partial charge in [-0.3, -0.25) is 4.79 Å². The summed E-state index contributed by atoms with van der Waals surface area (Å²) in [6, 6.07) is 6.11. The molecule has 0 aliphatic carbocycles. The van der Waals surface area contributed by atoms with Crippen LogP contribution in [-0.2, 0) is 16.0 Å². The fourth-order valence-electron chi connectivity index (χ4n) is 1.68. The molecule has 0 saturated heterocycles. The molecule has 0 aromatic heterocycles. The van der Waals surface area contributed by atoms with E-state index in [1.54, 1.807) is 11.8 Å². The Morgan fingerprint density at radius 3 is 3.12 bits per heavy atom. The molecule has 3 nitrogen and oxygen atoms in total. The van der Waals surface area contributed by atoms with Gasteiger partial charge in [0.15, 0.2) is 0 Å². The average Bonchev–Trinajstić information content (AvgIpc) is 2.29. The maximum atomic E-state index is 11.2. The minimum atomic E-state index is 0.0579. The zero-order valence-electron chi connectivity index (χ0n) is 8.86. The zero-order chi connectivity index (χ0) is 11.4. The standard InChI is InChI=1S/C12H13NO2S/c14-6-2-1-3-9-4-5-11-10(7-9)13-12(15)8-16-11/h4-7H,1-3,8H2,(H,13,15). The third-order valence-corrected chi connectivity index (χ3v) is 3.54. The van der Waals surface area contributed by atoms with Crippen LogP contribution in [0.1, 0.15) is 18.4 Å². The van der Waals surface area contributed by atoms with Crippen molar-refractivity contribution in [2.75, 3.05) is 11.1 Å². The summed E-state index contributed by atoms with van der Waals surface area (Å²) in [6.45, 7) is 0. The van der Waals surface area contributed by atoms with Crippen LogP contribution < -0.4 is 5.32 Å². The molecule has 0 radical (unpaired) electrons. The van der Waals surface area contributed by atoms with Crippen molar-refractivity contribution >= 4 is 29.6 Å². The summed E-state index contributed by atoms with van der Waals surface area (Å²) in [7, 11) is 0. The number of fused-ring (bicyclic) bond motifs is 1. The monoisotopic (exact) mass is 235 g/mol. The Balaban J connectivity index is 2.08. The Labute approximate surface area is 98.6 Å². The van der Waals surface area contributed by atoms with Crippen LogP contribution in [0.25, 0.3) is 0 Å². The van der Waals surface area contributed by atoms with E-state index in [9.17, 15) is 9.59 Å². The lowest BCUT2D eigenvalue weighted by molar-refractivity contribution is -0.114. The second-order valence-electron chi connectivity index (χ2n) is 3.73. The molecule has 1 aromatic carbocycles. The number of aryl methyl sites for hydroxylation is 1. The van der Waals surface area contributed by atoms with E-state index in [1.807, 2.05) is 12.1 Å². The predicted octanol–water partition coefficient (Wildman–Crippen LogP) is 2.25. The number of nitrogens with one attached hydrogen (secondary N) is 1. The lowest BCUT2D eigenvalue weighted by atomic mass is 10.1. The number of hydrogen-bond donors (Lipinski definition) is 1. The molecular formula is C12H13NO2S. The molecule has 1 aliphatic rings. The first-order valence-corrected chi connectivity index (χ1v) is 6.27. The molecule has 0 bridgehead atoms. The summed E-state index contributed by atoms with van der Waals surface area (Å²) in [5.41, 5.74) is 2.08. The molecule has 1 heterocycles. The molecule has 0 saturated carbocycles. The highest BCUT2D eigenvalue weighted by Crippen LogP contribution is 2.32. The van der Waals surface area contributed by atoms with Crippen molar-refractivity contribution in [1.29, 1.82) is 0 Å². The van der Waals surface area contributed by atoms with Gasteiger partial charge in [0.1, 0.15) is 6.29 Å². The lowest BCUT2D eigenvalue weighted by Crippen LogP contribution is -2.18. The molecule has 0 unspecified atom stereocenters. The topological polar surface area (TPSA) is 46.2 Å². The SMILES string of the molecule is O=CCCCc1ccc2c(c1)NC(=O)CS2. The zero-order valence-corrected chi connectivity index (χ0v) is 9.68. The van der Waals surface area contributed by atoms with E-state index >= 15 is 0 Å². The minimum Gasteiger partial charge on any atom is -0.324 e. The van der Waals surface area contributed by atoms with Crippen molar-refractivity contribution < 1.29 is 9.59 Å². The summed E-state index contributed by atoms with van der Waals surface area (Å²) >= 11 is 1.57. The Morgan fingerprint density at radius 1 is 1.44 bits per heavy atom. The Hall–Kier alpha value is -1.29. The number of hydrogen-bond acceptors (Lipinski definition) is 3. The maximum absolute atomic E-state index is 11.2. The van der Waals surface area contributed by atoms with Crippen molar-refractivity contribution in [1.82, 2.24) is 0 Å². The quantitative estimate of drug-likeness (QED) is 0.643. The van der Waals surface area contributed by atoms with Crippen LogP contribution in [0, 0.1) is 0 Å². The highest BCUT2D eigenvalue weighted by atomic mass is 32.2. The molecule has 16 heavy (non-hydrogen) atoms. The van der Waals surface area contributed by atoms with Crippen molar-refractivity contribution in [2.45, 2.75) is 24.2 Å². The first-order chi connectivity index (χ1) is 7.79. The van der Waals surface area contributed by atoms with Gasteiger partial charge in [0.2, 0.25) is 5.91 Å². The van der Waals surface area contributed by atoms with Crippen LogP contribution in [0.4, 0.5) is 5.69 Å². The van der Waals surface area contributed by atoms with Crippen LogP contribution in [0.5, 0.6) is 0 Å². The van der Waals surface area contributed by atoms with E-state index in [0.717, 1.165) is 29.7 Å². The highest BCUT2D eigenvalue weighted by Gasteiger charge is 2.14. The number of anilines is 1. The van der Waals surface area contributed by atoms with Gasteiger partial charge in [0, 0.05) is 11.3 Å². The molecule has 2 rings (SSSR count). The fourth-order valence-corrected chi connectivity index (χ4v) is 2.46. The van der Waals surface area contributed by atoms with E-state index < -0.39 is 0 Å². The molecule has 1 amide bonds. The summed E-state index contributed by atoms with van der Waals surface area (Å²) < 4.78 is 0. The van der Waals surface area contributed by atoms with Gasteiger partial charge in [0.05, 0.1) is 11.4 Å². The number of carbonyl (C=O) groups excluding carboxylic acids is 2. The predicted molar refractivity (Wildman–Crippen MR) is 64.8 cm³/mol. The number of unbranched alkanes of at least 4 members (excludes halogenated alkanes) is 1. The van der Waals surface area contributed by atoms with Crippen LogP contribution in [0.2, 0.25) is 0 Å². The average molecular weight is 235 g/mol. The highest BCUT2D eigenvalue weighted by molar-refractivity contribution is 8.00. The van der Waals surface area contributed by atoms with Gasteiger partial charge in [-0.2, -0.15) is 0 Å². The first kappa shape index (κ1) is 11.2. The molecule has 0 spiro atoms. The van der Waals surface area contributed by atoms with Crippen LogP contribution in [-0.4, -0.2) is 17.9 Å². The first-order valence-electron chi connectivity index (χ1n) is 5.29. The number of rotatable bonds is 4. The number of benzene rings is 1. The van der Waals surface area contributed by atoms with E-state index in [-0.39, 0.29) is 5.91 Å². The van der Waals surface area contributed by atoms with Gasteiger partial charge in [0.25, 0.3) is 0 Å². The minimum absolute atomic E-state index is 0.0579. The number of amides is 1. The van der Waals surface area contributed by atoms with Crippen LogP contribution in [0.15, 0.2) is 23.1 Å². The van der Waals surface area contributed by atoms with Gasteiger partial charge in [-0.05, 0) is 30.5 Å². The van der Waals surface area contributed by atoms with E-state index in [1.165, 1.54) is 5.56 Å². The molecule has 0 atom stereocenters.